The second kappa shape index (κ2) is 9.22. The maximum Gasteiger partial charge on any atom is 0.379 e. The van der Waals surface area contributed by atoms with Gasteiger partial charge in [0, 0.05) is 15.9 Å². The van der Waals surface area contributed by atoms with Crippen LogP contribution in [0.2, 0.25) is 0 Å². The summed E-state index contributed by atoms with van der Waals surface area (Å²) < 4.78 is 18.0. The predicted molar refractivity (Wildman–Crippen MR) is 145 cm³/mol. The molecular weight excluding hydrogens is 532 g/mol. The Morgan fingerprint density at radius 3 is 2.43 bits per heavy atom. The third-order valence-corrected chi connectivity index (χ3v) is 6.64. The van der Waals surface area contributed by atoms with E-state index in [4.69, 9.17) is 13.9 Å². The van der Waals surface area contributed by atoms with Crippen LogP contribution in [0.1, 0.15) is 32.0 Å². The maximum absolute atomic E-state index is 13.1. The van der Waals surface area contributed by atoms with E-state index in [1.807, 2.05) is 66.7 Å². The molecule has 0 saturated carbocycles. The number of carbonyl (C=O) groups is 2. The van der Waals surface area contributed by atoms with Gasteiger partial charge in [0.2, 0.25) is 11.5 Å². The summed E-state index contributed by atoms with van der Waals surface area (Å²) in [5.74, 6) is 0.0861. The largest absolute Gasteiger partial charge is 0.452 e. The van der Waals surface area contributed by atoms with E-state index in [2.05, 4.69) is 15.9 Å². The standard InChI is InChI=1S/C31H19BrO5/c1-18-13-24(35-31(34)28-16-22-15-23(32)11-12-25(22)36-28)17-26-29(18)30(33)27(37-26)14-19-7-9-21(10-8-19)20-5-3-2-4-6-20/h2-17H,1H3/b27-14-. The van der Waals surface area contributed by atoms with Gasteiger partial charge in [-0.3, -0.25) is 4.79 Å². The molecule has 0 fully saturated rings. The first-order valence-electron chi connectivity index (χ1n) is 11.6. The first-order chi connectivity index (χ1) is 17.9. The molecular formula is C31H19BrO5. The molecule has 5 nitrogen and oxygen atoms in total. The Balaban J connectivity index is 1.23. The fraction of sp³-hybridized carbons (Fsp3) is 0.0323. The highest BCUT2D eigenvalue weighted by Crippen LogP contribution is 2.38. The van der Waals surface area contributed by atoms with Crippen molar-refractivity contribution in [1.29, 1.82) is 0 Å². The minimum absolute atomic E-state index is 0.0859. The van der Waals surface area contributed by atoms with Gasteiger partial charge in [-0.05, 0) is 65.6 Å². The third kappa shape index (κ3) is 4.47. The number of aryl methyl sites for hydroxylation is 1. The number of benzene rings is 4. The van der Waals surface area contributed by atoms with Gasteiger partial charge in [0.05, 0.1) is 5.56 Å². The highest BCUT2D eigenvalue weighted by Gasteiger charge is 2.30. The normalized spacial score (nSPS) is 13.6. The SMILES string of the molecule is Cc1cc(OC(=O)c2cc3cc(Br)ccc3o2)cc2c1C(=O)/C(=C/c1ccc(-c3ccccc3)cc1)O2. The van der Waals surface area contributed by atoms with Crippen LogP contribution in [0, 0.1) is 6.92 Å². The Labute approximate surface area is 221 Å². The molecule has 1 aliphatic heterocycles. The fourth-order valence-electron chi connectivity index (χ4n) is 4.36. The highest BCUT2D eigenvalue weighted by molar-refractivity contribution is 9.10. The van der Waals surface area contributed by atoms with E-state index in [9.17, 15) is 9.59 Å². The van der Waals surface area contributed by atoms with E-state index >= 15 is 0 Å². The Bertz CT molecular complexity index is 1710. The summed E-state index contributed by atoms with van der Waals surface area (Å²) in [5, 5.41) is 0.784. The number of hydrogen-bond acceptors (Lipinski definition) is 5. The van der Waals surface area contributed by atoms with E-state index in [1.165, 1.54) is 0 Å². The lowest BCUT2D eigenvalue weighted by Gasteiger charge is -2.06. The topological polar surface area (TPSA) is 65.7 Å². The summed E-state index contributed by atoms with van der Waals surface area (Å²) in [4.78, 5) is 25.8. The van der Waals surface area contributed by atoms with Crippen LogP contribution >= 0.6 is 15.9 Å². The minimum atomic E-state index is -0.634. The number of ether oxygens (including phenoxy) is 2. The second-order valence-corrected chi connectivity index (χ2v) is 9.64. The van der Waals surface area contributed by atoms with Crippen molar-refractivity contribution in [3.05, 3.63) is 124 Å². The maximum atomic E-state index is 13.1. The van der Waals surface area contributed by atoms with Crippen molar-refractivity contribution in [3.63, 3.8) is 0 Å². The number of Topliss-reactive ketones (excluding diaryl/α,β-unsaturated/α-hetero) is 1. The average molecular weight is 551 g/mol. The molecule has 180 valence electrons. The molecule has 0 bridgehead atoms. The fourth-order valence-corrected chi connectivity index (χ4v) is 4.74. The van der Waals surface area contributed by atoms with E-state index < -0.39 is 5.97 Å². The molecule has 0 amide bonds. The van der Waals surface area contributed by atoms with Crippen molar-refractivity contribution in [3.8, 4) is 22.6 Å². The molecule has 1 aliphatic rings. The van der Waals surface area contributed by atoms with Gasteiger partial charge in [-0.15, -0.1) is 0 Å². The van der Waals surface area contributed by atoms with E-state index in [0.29, 0.717) is 22.5 Å². The number of rotatable bonds is 4. The minimum Gasteiger partial charge on any atom is -0.452 e. The second-order valence-electron chi connectivity index (χ2n) is 8.72. The first-order valence-corrected chi connectivity index (χ1v) is 12.4. The monoisotopic (exact) mass is 550 g/mol. The number of fused-ring (bicyclic) bond motifs is 2. The quantitative estimate of drug-likeness (QED) is 0.129. The number of halogens is 1. The van der Waals surface area contributed by atoms with Crippen molar-refractivity contribution in [2.24, 2.45) is 0 Å². The zero-order valence-electron chi connectivity index (χ0n) is 19.7. The summed E-state index contributed by atoms with van der Waals surface area (Å²) in [5.41, 5.74) is 4.75. The molecule has 0 unspecified atom stereocenters. The first kappa shape index (κ1) is 23.0. The van der Waals surface area contributed by atoms with Crippen molar-refractivity contribution in [1.82, 2.24) is 0 Å². The summed E-state index contributed by atoms with van der Waals surface area (Å²) in [6, 6.07) is 28.3. The van der Waals surface area contributed by atoms with Gasteiger partial charge >= 0.3 is 5.97 Å². The molecule has 0 spiro atoms. The Hall–Kier alpha value is -4.42. The molecule has 0 radical (unpaired) electrons. The Kier molecular flexibility index (Phi) is 5.74. The number of hydrogen-bond donors (Lipinski definition) is 0. The van der Waals surface area contributed by atoms with E-state index in [0.717, 1.165) is 26.5 Å². The summed E-state index contributed by atoms with van der Waals surface area (Å²) in [6.07, 6.45) is 1.72. The van der Waals surface area contributed by atoms with Crippen LogP contribution < -0.4 is 9.47 Å². The van der Waals surface area contributed by atoms with Crippen LogP contribution in [-0.4, -0.2) is 11.8 Å². The number of ketones is 1. The van der Waals surface area contributed by atoms with Crippen molar-refractivity contribution in [2.45, 2.75) is 6.92 Å². The number of esters is 1. The molecule has 37 heavy (non-hydrogen) atoms. The van der Waals surface area contributed by atoms with Gasteiger partial charge in [-0.1, -0.05) is 70.5 Å². The zero-order valence-corrected chi connectivity index (χ0v) is 21.2. The number of allylic oxidation sites excluding steroid dienone is 1. The van der Waals surface area contributed by atoms with Gasteiger partial charge in [0.15, 0.2) is 5.76 Å². The van der Waals surface area contributed by atoms with Crippen LogP contribution in [0.5, 0.6) is 11.5 Å². The smallest absolute Gasteiger partial charge is 0.379 e. The third-order valence-electron chi connectivity index (χ3n) is 6.15. The number of furan rings is 1. The molecule has 0 aliphatic carbocycles. The lowest BCUT2D eigenvalue weighted by atomic mass is 10.0. The highest BCUT2D eigenvalue weighted by atomic mass is 79.9. The van der Waals surface area contributed by atoms with Crippen LogP contribution in [0.3, 0.4) is 0 Å². The van der Waals surface area contributed by atoms with Crippen molar-refractivity contribution >= 4 is 44.7 Å². The summed E-state index contributed by atoms with van der Waals surface area (Å²) >= 11 is 3.41. The van der Waals surface area contributed by atoms with E-state index in [1.54, 1.807) is 37.3 Å². The molecule has 4 aromatic carbocycles. The van der Waals surface area contributed by atoms with Crippen molar-refractivity contribution < 1.29 is 23.5 Å². The van der Waals surface area contributed by atoms with Crippen molar-refractivity contribution in [2.75, 3.05) is 0 Å². The molecule has 0 atom stereocenters. The van der Waals surface area contributed by atoms with E-state index in [-0.39, 0.29) is 23.1 Å². The van der Waals surface area contributed by atoms with Gasteiger partial charge < -0.3 is 13.9 Å². The lowest BCUT2D eigenvalue weighted by Crippen LogP contribution is -2.07. The average Bonchev–Trinajstić information content (AvgIpc) is 3.46. The zero-order chi connectivity index (χ0) is 25.5. The molecule has 6 heteroatoms. The van der Waals surface area contributed by atoms with Gasteiger partial charge in [-0.2, -0.15) is 0 Å². The van der Waals surface area contributed by atoms with Gasteiger partial charge in [-0.25, -0.2) is 4.79 Å². The van der Waals surface area contributed by atoms with Gasteiger partial charge in [0.25, 0.3) is 0 Å². The van der Waals surface area contributed by atoms with Crippen LogP contribution in [0.25, 0.3) is 28.2 Å². The molecule has 0 N–H and O–H groups in total. The number of carbonyl (C=O) groups excluding carboxylic acids is 2. The molecule has 1 aromatic heterocycles. The van der Waals surface area contributed by atoms with Gasteiger partial charge in [0.1, 0.15) is 17.1 Å². The van der Waals surface area contributed by atoms with Crippen LogP contribution in [0.4, 0.5) is 0 Å². The lowest BCUT2D eigenvalue weighted by molar-refractivity contribution is 0.0703. The molecule has 2 heterocycles. The van der Waals surface area contributed by atoms with Crippen LogP contribution in [0.15, 0.2) is 106 Å². The van der Waals surface area contributed by atoms with Crippen LogP contribution in [-0.2, 0) is 0 Å². The summed E-state index contributed by atoms with van der Waals surface area (Å²) in [6.45, 7) is 1.79. The molecule has 6 rings (SSSR count). The molecule has 0 saturated heterocycles. The molecule has 5 aromatic rings. The summed E-state index contributed by atoms with van der Waals surface area (Å²) in [7, 11) is 0. The predicted octanol–water partition coefficient (Wildman–Crippen LogP) is 8.01. The Morgan fingerprint density at radius 1 is 0.892 bits per heavy atom. The Morgan fingerprint density at radius 2 is 1.65 bits per heavy atom.